The number of rotatable bonds is 11. The van der Waals surface area contributed by atoms with Crippen LogP contribution in [0.2, 0.25) is 5.02 Å². The van der Waals surface area contributed by atoms with Crippen LogP contribution in [0.5, 0.6) is 11.5 Å². The lowest BCUT2D eigenvalue weighted by Gasteiger charge is -2.20. The molecule has 0 radical (unpaired) electrons. The molecule has 0 bridgehead atoms. The molecule has 192 valence electrons. The number of alkyl halides is 3. The van der Waals surface area contributed by atoms with Crippen molar-refractivity contribution in [2.24, 2.45) is 0 Å². The van der Waals surface area contributed by atoms with E-state index in [1.54, 1.807) is 24.3 Å². The van der Waals surface area contributed by atoms with Crippen molar-refractivity contribution in [1.82, 2.24) is 0 Å². The third-order valence-electron chi connectivity index (χ3n) is 5.73. The predicted molar refractivity (Wildman–Crippen MR) is 134 cm³/mol. The fourth-order valence-electron chi connectivity index (χ4n) is 3.82. The second-order valence-corrected chi connectivity index (χ2v) is 8.90. The molecule has 0 spiro atoms. The molecule has 3 rings (SSSR count). The van der Waals surface area contributed by atoms with Crippen LogP contribution in [-0.2, 0) is 23.8 Å². The Hall–Kier alpha value is -3.19. The van der Waals surface area contributed by atoms with Crippen molar-refractivity contribution in [3.05, 3.63) is 82.4 Å². The minimum atomic E-state index is -4.48. The molecular weight excluding hydrogens is 493 g/mol. The van der Waals surface area contributed by atoms with Crippen LogP contribution >= 0.6 is 11.6 Å². The van der Waals surface area contributed by atoms with Crippen LogP contribution in [0, 0.1) is 0 Å². The maximum absolute atomic E-state index is 13.3. The number of aliphatic carboxylic acids is 1. The summed E-state index contributed by atoms with van der Waals surface area (Å²) in [4.78, 5) is 10.9. The maximum atomic E-state index is 13.3. The standard InChI is InChI=1S/C28H28ClF3O4/c1-3-19-16-24(10-7-20(19)8-12-27(33)34)35-14-13-18(2)36-26-11-9-22(28(30,31)32)17-25(26)21-5-4-6-23(29)15-21/h4-7,9-11,15-18H,3,8,12-14H2,1-2H3,(H,33,34). The number of hydrogen-bond donors (Lipinski definition) is 1. The fraction of sp³-hybridized carbons (Fsp3) is 0.321. The van der Waals surface area contributed by atoms with Gasteiger partial charge in [-0.05, 0) is 78.9 Å². The number of carbonyl (C=O) groups is 1. The number of hydrogen-bond acceptors (Lipinski definition) is 3. The van der Waals surface area contributed by atoms with Gasteiger partial charge in [-0.3, -0.25) is 4.79 Å². The molecule has 0 saturated carbocycles. The van der Waals surface area contributed by atoms with E-state index in [1.165, 1.54) is 6.07 Å². The zero-order valence-corrected chi connectivity index (χ0v) is 20.8. The molecule has 0 amide bonds. The molecule has 3 aromatic carbocycles. The second kappa shape index (κ2) is 12.2. The first kappa shape index (κ1) is 27.4. The van der Waals surface area contributed by atoms with Gasteiger partial charge in [0.1, 0.15) is 11.5 Å². The average Bonchev–Trinajstić information content (AvgIpc) is 2.82. The lowest BCUT2D eigenvalue weighted by atomic mass is 10.0. The van der Waals surface area contributed by atoms with E-state index in [1.807, 2.05) is 32.0 Å². The Kier molecular flexibility index (Phi) is 9.26. The Bertz CT molecular complexity index is 1190. The van der Waals surface area contributed by atoms with Crippen LogP contribution < -0.4 is 9.47 Å². The highest BCUT2D eigenvalue weighted by Gasteiger charge is 2.31. The van der Waals surface area contributed by atoms with Crippen molar-refractivity contribution >= 4 is 17.6 Å². The van der Waals surface area contributed by atoms with Crippen LogP contribution in [0.3, 0.4) is 0 Å². The molecule has 1 N–H and O–H groups in total. The van der Waals surface area contributed by atoms with Crippen LogP contribution in [0.4, 0.5) is 13.2 Å². The van der Waals surface area contributed by atoms with Gasteiger partial charge < -0.3 is 14.6 Å². The number of carboxylic acid groups (broad SMARTS) is 1. The number of ether oxygens (including phenoxy) is 2. The zero-order valence-electron chi connectivity index (χ0n) is 20.1. The van der Waals surface area contributed by atoms with E-state index in [4.69, 9.17) is 26.2 Å². The maximum Gasteiger partial charge on any atom is 0.416 e. The molecular formula is C28H28ClF3O4. The Balaban J connectivity index is 1.67. The summed E-state index contributed by atoms with van der Waals surface area (Å²) in [5.74, 6) is 0.166. The quantitative estimate of drug-likeness (QED) is 0.280. The normalized spacial score (nSPS) is 12.3. The third kappa shape index (κ3) is 7.65. The predicted octanol–water partition coefficient (Wildman–Crippen LogP) is 7.84. The highest BCUT2D eigenvalue weighted by molar-refractivity contribution is 6.30. The van der Waals surface area contributed by atoms with E-state index >= 15 is 0 Å². The molecule has 0 saturated heterocycles. The van der Waals surface area contributed by atoms with Gasteiger partial charge in [0.25, 0.3) is 0 Å². The van der Waals surface area contributed by atoms with Crippen molar-refractivity contribution < 1.29 is 32.5 Å². The number of halogens is 4. The van der Waals surface area contributed by atoms with Crippen molar-refractivity contribution in [3.8, 4) is 22.6 Å². The van der Waals surface area contributed by atoms with Crippen molar-refractivity contribution in [3.63, 3.8) is 0 Å². The van der Waals surface area contributed by atoms with Gasteiger partial charge in [-0.15, -0.1) is 0 Å². The van der Waals surface area contributed by atoms with Crippen LogP contribution in [0.1, 0.15) is 43.4 Å². The van der Waals surface area contributed by atoms with Gasteiger partial charge in [-0.1, -0.05) is 36.7 Å². The number of benzene rings is 3. The third-order valence-corrected chi connectivity index (χ3v) is 5.97. The minimum absolute atomic E-state index is 0.0726. The van der Waals surface area contributed by atoms with Crippen molar-refractivity contribution in [2.45, 2.75) is 51.8 Å². The number of carboxylic acids is 1. The highest BCUT2D eigenvalue weighted by atomic mass is 35.5. The smallest absolute Gasteiger partial charge is 0.416 e. The van der Waals surface area contributed by atoms with E-state index < -0.39 is 17.7 Å². The van der Waals surface area contributed by atoms with Gasteiger partial charge in [0.15, 0.2) is 0 Å². The Morgan fingerprint density at radius 1 is 1.06 bits per heavy atom. The summed E-state index contributed by atoms with van der Waals surface area (Å²) in [6.45, 7) is 4.17. The van der Waals surface area contributed by atoms with E-state index in [0.29, 0.717) is 47.1 Å². The summed E-state index contributed by atoms with van der Waals surface area (Å²) in [7, 11) is 0. The van der Waals surface area contributed by atoms with E-state index in [2.05, 4.69) is 0 Å². The molecule has 4 nitrogen and oxygen atoms in total. The Morgan fingerprint density at radius 3 is 2.50 bits per heavy atom. The monoisotopic (exact) mass is 520 g/mol. The lowest BCUT2D eigenvalue weighted by molar-refractivity contribution is -0.138. The first-order valence-corrected chi connectivity index (χ1v) is 12.0. The average molecular weight is 521 g/mol. The van der Waals surface area contributed by atoms with Gasteiger partial charge >= 0.3 is 12.1 Å². The topological polar surface area (TPSA) is 55.8 Å². The summed E-state index contributed by atoms with van der Waals surface area (Å²) >= 11 is 6.07. The Labute approximate surface area is 213 Å². The highest BCUT2D eigenvalue weighted by Crippen LogP contribution is 2.38. The molecule has 3 aromatic rings. The SMILES string of the molecule is CCc1cc(OCCC(C)Oc2ccc(C(F)(F)F)cc2-c2cccc(Cl)c2)ccc1CCC(=O)O. The molecule has 36 heavy (non-hydrogen) atoms. The van der Waals surface area contributed by atoms with E-state index in [9.17, 15) is 18.0 Å². The van der Waals surface area contributed by atoms with Gasteiger partial charge in [0.05, 0.1) is 18.3 Å². The Morgan fingerprint density at radius 2 is 1.83 bits per heavy atom. The fourth-order valence-corrected chi connectivity index (χ4v) is 4.01. The molecule has 0 heterocycles. The van der Waals surface area contributed by atoms with Crippen molar-refractivity contribution in [1.29, 1.82) is 0 Å². The van der Waals surface area contributed by atoms with E-state index in [0.717, 1.165) is 29.7 Å². The van der Waals surface area contributed by atoms with Gasteiger partial charge in [-0.25, -0.2) is 0 Å². The molecule has 0 aliphatic heterocycles. The molecule has 0 aliphatic carbocycles. The van der Waals surface area contributed by atoms with Crippen molar-refractivity contribution in [2.75, 3.05) is 6.61 Å². The molecule has 1 atom stereocenters. The van der Waals surface area contributed by atoms with Gasteiger partial charge in [-0.2, -0.15) is 13.2 Å². The number of aryl methyl sites for hydroxylation is 2. The first-order valence-electron chi connectivity index (χ1n) is 11.7. The van der Waals surface area contributed by atoms with E-state index in [-0.39, 0.29) is 12.5 Å². The summed E-state index contributed by atoms with van der Waals surface area (Å²) in [6, 6.07) is 15.6. The molecule has 0 fully saturated rings. The molecule has 0 aliphatic rings. The molecule has 1 unspecified atom stereocenters. The van der Waals surface area contributed by atoms with Crippen LogP contribution in [0.15, 0.2) is 60.7 Å². The zero-order chi connectivity index (χ0) is 26.3. The van der Waals surface area contributed by atoms with Crippen LogP contribution in [-0.4, -0.2) is 23.8 Å². The summed E-state index contributed by atoms with van der Waals surface area (Å²) in [6.07, 6.45) is -3.02. The largest absolute Gasteiger partial charge is 0.493 e. The van der Waals surface area contributed by atoms with Gasteiger partial charge in [0, 0.05) is 23.4 Å². The van der Waals surface area contributed by atoms with Gasteiger partial charge in [0.2, 0.25) is 0 Å². The minimum Gasteiger partial charge on any atom is -0.493 e. The summed E-state index contributed by atoms with van der Waals surface area (Å²) < 4.78 is 51.9. The lowest BCUT2D eigenvalue weighted by Crippen LogP contribution is -2.16. The molecule has 8 heteroatoms. The first-order chi connectivity index (χ1) is 17.1. The summed E-state index contributed by atoms with van der Waals surface area (Å²) in [5.41, 5.74) is 2.10. The van der Waals surface area contributed by atoms with Crippen LogP contribution in [0.25, 0.3) is 11.1 Å². The second-order valence-electron chi connectivity index (χ2n) is 8.46. The summed E-state index contributed by atoms with van der Waals surface area (Å²) in [5, 5.41) is 9.33. The molecule has 0 aromatic heterocycles.